The second kappa shape index (κ2) is 16.2. The van der Waals surface area contributed by atoms with Crippen LogP contribution in [0.3, 0.4) is 0 Å². The summed E-state index contributed by atoms with van der Waals surface area (Å²) in [4.78, 5) is 85.3. The van der Waals surface area contributed by atoms with Crippen molar-refractivity contribution in [2.24, 2.45) is 34.8 Å². The van der Waals surface area contributed by atoms with E-state index in [-0.39, 0.29) is 29.6 Å². The number of primary amides is 1. The topological polar surface area (TPSA) is 174 Å². The molecule has 2 aliphatic heterocycles. The number of rotatable bonds is 13. The summed E-state index contributed by atoms with van der Waals surface area (Å²) >= 11 is 0. The lowest BCUT2D eigenvalue weighted by Gasteiger charge is -2.39. The molecule has 3 fully saturated rings. The predicted octanol–water partition coefficient (Wildman–Crippen LogP) is 2.29. The third-order valence-corrected chi connectivity index (χ3v) is 10.3. The maximum absolute atomic E-state index is 14.4. The molecule has 2 heterocycles. The van der Waals surface area contributed by atoms with Crippen molar-refractivity contribution in [1.29, 1.82) is 0 Å². The van der Waals surface area contributed by atoms with Crippen LogP contribution in [-0.4, -0.2) is 102 Å². The number of likely N-dealkylation sites (tertiary alicyclic amines) is 1. The lowest BCUT2D eigenvalue weighted by atomic mass is 9.85. The Hall–Kier alpha value is -4.16. The van der Waals surface area contributed by atoms with Crippen LogP contribution in [-0.2, 0) is 24.0 Å². The van der Waals surface area contributed by atoms with E-state index in [1.165, 1.54) is 4.90 Å². The Labute approximate surface area is 296 Å². The Morgan fingerprint density at radius 2 is 1.48 bits per heavy atom. The van der Waals surface area contributed by atoms with Gasteiger partial charge in [0.05, 0.1) is 6.04 Å². The molecule has 0 aromatic heterocycles. The largest absolute Gasteiger partial charge is 0.368 e. The van der Waals surface area contributed by atoms with Crippen LogP contribution in [0.4, 0.5) is 10.5 Å². The van der Waals surface area contributed by atoms with Gasteiger partial charge >= 0.3 is 6.03 Å². The highest BCUT2D eigenvalue weighted by atomic mass is 16.2. The Morgan fingerprint density at radius 1 is 0.860 bits per heavy atom. The average molecular weight is 696 g/mol. The van der Waals surface area contributed by atoms with Crippen LogP contribution in [0, 0.1) is 29.1 Å². The molecule has 1 aromatic carbocycles. The molecule has 0 spiro atoms. The molecule has 13 heteroatoms. The molecule has 5 N–H and O–H groups in total. The first kappa shape index (κ1) is 38.6. The van der Waals surface area contributed by atoms with Crippen molar-refractivity contribution >= 4 is 41.1 Å². The summed E-state index contributed by atoms with van der Waals surface area (Å²) in [7, 11) is 0. The summed E-state index contributed by atoms with van der Waals surface area (Å²) in [5, 5.41) is 8.44. The number of para-hydroxylation sites is 1. The van der Waals surface area contributed by atoms with E-state index in [0.717, 1.165) is 18.5 Å². The summed E-state index contributed by atoms with van der Waals surface area (Å²) in [5.41, 5.74) is 5.64. The van der Waals surface area contributed by atoms with Gasteiger partial charge in [0.2, 0.25) is 23.5 Å². The molecule has 50 heavy (non-hydrogen) atoms. The Bertz CT molecular complexity index is 1400. The van der Waals surface area contributed by atoms with Crippen molar-refractivity contribution in [3.63, 3.8) is 0 Å². The number of piperazine rings is 1. The van der Waals surface area contributed by atoms with E-state index < -0.39 is 59.1 Å². The zero-order valence-electron chi connectivity index (χ0n) is 30.7. The lowest BCUT2D eigenvalue weighted by Crippen LogP contribution is -2.62. The van der Waals surface area contributed by atoms with Gasteiger partial charge in [-0.1, -0.05) is 79.5 Å². The third-order valence-electron chi connectivity index (χ3n) is 10.3. The quantitative estimate of drug-likeness (QED) is 0.229. The highest BCUT2D eigenvalue weighted by molar-refractivity contribution is 6.37. The zero-order chi connectivity index (χ0) is 36.9. The lowest BCUT2D eigenvalue weighted by molar-refractivity contribution is -0.143. The highest BCUT2D eigenvalue weighted by Gasteiger charge is 2.46. The summed E-state index contributed by atoms with van der Waals surface area (Å²) in [6.45, 7) is 16.0. The van der Waals surface area contributed by atoms with Crippen molar-refractivity contribution in [3.8, 4) is 0 Å². The molecule has 4 rings (SSSR count). The number of carbonyl (C=O) groups is 6. The van der Waals surface area contributed by atoms with Crippen molar-refractivity contribution in [2.75, 3.05) is 37.6 Å². The molecule has 2 saturated heterocycles. The van der Waals surface area contributed by atoms with Crippen LogP contribution in [0.5, 0.6) is 0 Å². The standard InChI is InChI=1S/C37H57N7O6/c1-22(2)25-20-28(33(47)39-27(19-24-13-14-24)30(45)32(38)46)44(21-25)35(49)31(37(5,6)7)41-36(50)40-29(23(3)4)34(48)43-17-15-42(16-18-43)26-11-9-8-10-12-26/h8-12,22-25,27-29,31H,13-21H2,1-7H3,(H2,38,46)(H,39,47)(H2,40,41,50)/t25-,27?,28+,29+,31-/m1/s1. The van der Waals surface area contributed by atoms with Gasteiger partial charge in [-0.15, -0.1) is 0 Å². The number of anilines is 1. The maximum atomic E-state index is 14.4. The minimum atomic E-state index is -1.11. The number of hydrogen-bond acceptors (Lipinski definition) is 7. The first-order chi connectivity index (χ1) is 23.5. The normalized spacial score (nSPS) is 21.4. The second-order valence-electron chi connectivity index (χ2n) is 16.0. The molecule has 1 unspecified atom stereocenters. The van der Waals surface area contributed by atoms with Crippen LogP contribution in [0.15, 0.2) is 30.3 Å². The number of amides is 6. The van der Waals surface area contributed by atoms with E-state index in [1.54, 1.807) is 4.90 Å². The van der Waals surface area contributed by atoms with Crippen molar-refractivity contribution < 1.29 is 28.8 Å². The van der Waals surface area contributed by atoms with E-state index in [9.17, 15) is 28.8 Å². The van der Waals surface area contributed by atoms with Crippen molar-refractivity contribution in [3.05, 3.63) is 30.3 Å². The van der Waals surface area contributed by atoms with E-state index in [1.807, 2.05) is 78.8 Å². The molecule has 3 aliphatic rings. The van der Waals surface area contributed by atoms with Gasteiger partial charge < -0.3 is 36.4 Å². The summed E-state index contributed by atoms with van der Waals surface area (Å²) in [6.07, 6.45) is 2.53. The summed E-state index contributed by atoms with van der Waals surface area (Å²) < 4.78 is 0. The molecule has 0 radical (unpaired) electrons. The first-order valence-electron chi connectivity index (χ1n) is 18.1. The van der Waals surface area contributed by atoms with Crippen molar-refractivity contribution in [2.45, 2.75) is 98.3 Å². The van der Waals surface area contributed by atoms with E-state index in [4.69, 9.17) is 5.73 Å². The van der Waals surface area contributed by atoms with Crippen LogP contribution >= 0.6 is 0 Å². The highest BCUT2D eigenvalue weighted by Crippen LogP contribution is 2.35. The maximum Gasteiger partial charge on any atom is 0.316 e. The average Bonchev–Trinajstić information content (AvgIpc) is 3.77. The van der Waals surface area contributed by atoms with E-state index in [2.05, 4.69) is 20.9 Å². The number of nitrogens with one attached hydrogen (secondary N) is 3. The fourth-order valence-electron chi connectivity index (χ4n) is 6.86. The van der Waals surface area contributed by atoms with Gasteiger partial charge in [-0.2, -0.15) is 0 Å². The molecule has 5 atom stereocenters. The van der Waals surface area contributed by atoms with Gasteiger partial charge in [0, 0.05) is 38.4 Å². The summed E-state index contributed by atoms with van der Waals surface area (Å²) in [5.74, 6) is -2.89. The Balaban J connectivity index is 1.45. The molecule has 1 aromatic rings. The number of carbonyl (C=O) groups excluding carboxylic acids is 6. The van der Waals surface area contributed by atoms with Crippen LogP contribution in [0.25, 0.3) is 0 Å². The third kappa shape index (κ3) is 9.75. The Kier molecular flexibility index (Phi) is 12.6. The van der Waals surface area contributed by atoms with Gasteiger partial charge in [-0.25, -0.2) is 4.79 Å². The molecule has 1 saturated carbocycles. The fraction of sp³-hybridized carbons (Fsp3) is 0.676. The molecular formula is C37H57N7O6. The number of urea groups is 1. The number of hydrogen-bond donors (Lipinski definition) is 4. The molecule has 1 aliphatic carbocycles. The minimum Gasteiger partial charge on any atom is -0.368 e. The number of ketones is 1. The number of nitrogens with zero attached hydrogens (tertiary/aromatic N) is 3. The fourth-order valence-corrected chi connectivity index (χ4v) is 6.86. The molecule has 6 amide bonds. The van der Waals surface area contributed by atoms with Crippen LogP contribution in [0.1, 0.15) is 74.1 Å². The zero-order valence-corrected chi connectivity index (χ0v) is 30.7. The number of Topliss-reactive ketones (excluding diaryl/α,β-unsaturated/α-hetero) is 1. The van der Waals surface area contributed by atoms with Gasteiger partial charge in [0.1, 0.15) is 18.1 Å². The van der Waals surface area contributed by atoms with Gasteiger partial charge in [0.15, 0.2) is 0 Å². The molecular weight excluding hydrogens is 638 g/mol. The predicted molar refractivity (Wildman–Crippen MR) is 191 cm³/mol. The monoisotopic (exact) mass is 695 g/mol. The molecule has 276 valence electrons. The summed E-state index contributed by atoms with van der Waals surface area (Å²) in [6, 6.07) is 5.60. The van der Waals surface area contributed by atoms with E-state index >= 15 is 0 Å². The SMILES string of the molecule is CC(C)[C@@H]1C[C@@H](C(=O)NC(CC2CC2)C(=O)C(N)=O)N(C(=O)[C@@H](NC(=O)N[C@H](C(=O)N2CCN(c3ccccc3)CC2)C(C)C)C(C)(C)C)C1. The van der Waals surface area contributed by atoms with Crippen molar-refractivity contribution in [1.82, 2.24) is 25.8 Å². The van der Waals surface area contributed by atoms with Gasteiger partial charge in [-0.05, 0) is 54.1 Å². The molecule has 0 bridgehead atoms. The minimum absolute atomic E-state index is 0.00293. The van der Waals surface area contributed by atoms with Crippen LogP contribution in [0.2, 0.25) is 0 Å². The van der Waals surface area contributed by atoms with Gasteiger partial charge in [-0.3, -0.25) is 24.0 Å². The number of benzene rings is 1. The second-order valence-corrected chi connectivity index (χ2v) is 16.0. The van der Waals surface area contributed by atoms with Gasteiger partial charge in [0.25, 0.3) is 5.91 Å². The Morgan fingerprint density at radius 3 is 2.00 bits per heavy atom. The smallest absolute Gasteiger partial charge is 0.316 e. The van der Waals surface area contributed by atoms with E-state index in [0.29, 0.717) is 45.6 Å². The number of nitrogens with two attached hydrogens (primary N) is 1. The molecule has 13 nitrogen and oxygen atoms in total. The van der Waals surface area contributed by atoms with Crippen LogP contribution < -0.4 is 26.6 Å². The first-order valence-corrected chi connectivity index (χ1v) is 18.1.